The van der Waals surface area contributed by atoms with Crippen molar-refractivity contribution in [2.24, 2.45) is 11.7 Å². The smallest absolute Gasteiger partial charge is 0.0154 e. The van der Waals surface area contributed by atoms with Gasteiger partial charge >= 0.3 is 0 Å². The number of nitrogens with two attached hydrogens (primary N) is 1. The summed E-state index contributed by atoms with van der Waals surface area (Å²) in [5.74, 6) is 0.806. The summed E-state index contributed by atoms with van der Waals surface area (Å²) in [6, 6.07) is 0. The van der Waals surface area contributed by atoms with Crippen LogP contribution in [0.3, 0.4) is 0 Å². The van der Waals surface area contributed by atoms with Gasteiger partial charge in [-0.05, 0) is 31.6 Å². The first-order chi connectivity index (χ1) is 6.62. The highest BCUT2D eigenvalue weighted by molar-refractivity contribution is 4.85. The monoisotopic (exact) mass is 197 g/mol. The maximum absolute atomic E-state index is 6.48. The van der Waals surface area contributed by atoms with Crippen LogP contribution in [0.25, 0.3) is 0 Å². The van der Waals surface area contributed by atoms with Crippen LogP contribution in [0.4, 0.5) is 0 Å². The van der Waals surface area contributed by atoms with Crippen LogP contribution in [0.15, 0.2) is 0 Å². The van der Waals surface area contributed by atoms with Gasteiger partial charge in [0, 0.05) is 5.54 Å². The second-order valence-corrected chi connectivity index (χ2v) is 5.56. The van der Waals surface area contributed by atoms with E-state index in [9.17, 15) is 0 Å². The molecule has 2 N–H and O–H groups in total. The lowest BCUT2D eigenvalue weighted by atomic mass is 9.80. The van der Waals surface area contributed by atoms with Crippen molar-refractivity contribution in [3.8, 4) is 0 Å². The topological polar surface area (TPSA) is 26.0 Å². The molecule has 0 aromatic carbocycles. The number of hydrogen-bond donors (Lipinski definition) is 1. The average Bonchev–Trinajstić information content (AvgIpc) is 2.09. The van der Waals surface area contributed by atoms with Crippen molar-refractivity contribution in [2.75, 3.05) is 0 Å². The average molecular weight is 197 g/mol. The van der Waals surface area contributed by atoms with E-state index in [1.165, 1.54) is 57.8 Å². The van der Waals surface area contributed by atoms with Crippen molar-refractivity contribution >= 4 is 0 Å². The van der Waals surface area contributed by atoms with Crippen LogP contribution >= 0.6 is 0 Å². The molecule has 1 aliphatic carbocycles. The maximum atomic E-state index is 6.48. The largest absolute Gasteiger partial charge is 0.325 e. The van der Waals surface area contributed by atoms with Crippen LogP contribution in [0.5, 0.6) is 0 Å². The van der Waals surface area contributed by atoms with Crippen LogP contribution < -0.4 is 5.73 Å². The zero-order chi connectivity index (χ0) is 10.4. The van der Waals surface area contributed by atoms with Gasteiger partial charge in [-0.2, -0.15) is 0 Å². The van der Waals surface area contributed by atoms with Crippen LogP contribution in [0.2, 0.25) is 0 Å². The van der Waals surface area contributed by atoms with Crippen LogP contribution in [-0.4, -0.2) is 5.54 Å². The molecule has 0 radical (unpaired) electrons. The summed E-state index contributed by atoms with van der Waals surface area (Å²) >= 11 is 0. The van der Waals surface area contributed by atoms with Gasteiger partial charge in [-0.25, -0.2) is 0 Å². The number of hydrogen-bond acceptors (Lipinski definition) is 1. The van der Waals surface area contributed by atoms with Crippen molar-refractivity contribution < 1.29 is 0 Å². The Bertz CT molecular complexity index is 143. The fourth-order valence-corrected chi connectivity index (χ4v) is 2.44. The predicted molar refractivity (Wildman–Crippen MR) is 63.3 cm³/mol. The second kappa shape index (κ2) is 5.75. The summed E-state index contributed by atoms with van der Waals surface area (Å²) in [6.45, 7) is 4.60. The Morgan fingerprint density at radius 1 is 1.00 bits per heavy atom. The molecule has 0 aliphatic heterocycles. The molecule has 1 heteroatoms. The summed E-state index contributed by atoms with van der Waals surface area (Å²) in [4.78, 5) is 0. The van der Waals surface area contributed by atoms with E-state index in [-0.39, 0.29) is 5.54 Å². The molecule has 1 fully saturated rings. The van der Waals surface area contributed by atoms with Crippen molar-refractivity contribution in [1.29, 1.82) is 0 Å². The molecule has 1 aliphatic rings. The molecule has 1 rings (SSSR count). The minimum Gasteiger partial charge on any atom is -0.325 e. The molecule has 1 nitrogen and oxygen atoms in total. The molecule has 0 amide bonds. The lowest BCUT2D eigenvalue weighted by Crippen LogP contribution is -2.40. The first-order valence-corrected chi connectivity index (χ1v) is 6.41. The van der Waals surface area contributed by atoms with Gasteiger partial charge in [0.15, 0.2) is 0 Å². The molecule has 84 valence electrons. The fourth-order valence-electron chi connectivity index (χ4n) is 2.44. The van der Waals surface area contributed by atoms with E-state index < -0.39 is 0 Å². The lowest BCUT2D eigenvalue weighted by Gasteiger charge is -2.32. The SMILES string of the molecule is CC(C)CCC1(N)CCCCCCC1. The van der Waals surface area contributed by atoms with Gasteiger partial charge in [0.1, 0.15) is 0 Å². The summed E-state index contributed by atoms with van der Waals surface area (Å²) in [5, 5.41) is 0. The Morgan fingerprint density at radius 3 is 2.00 bits per heavy atom. The Labute approximate surface area is 89.5 Å². The zero-order valence-electron chi connectivity index (χ0n) is 10.0. The molecule has 0 unspecified atom stereocenters. The molecule has 0 bridgehead atoms. The third-order valence-electron chi connectivity index (χ3n) is 3.57. The Kier molecular flexibility index (Phi) is 4.94. The molecular formula is C13H27N. The van der Waals surface area contributed by atoms with Crippen LogP contribution in [0, 0.1) is 5.92 Å². The number of rotatable bonds is 3. The quantitative estimate of drug-likeness (QED) is 0.730. The Hall–Kier alpha value is -0.0400. The van der Waals surface area contributed by atoms with Gasteiger partial charge in [0.05, 0.1) is 0 Å². The van der Waals surface area contributed by atoms with E-state index in [4.69, 9.17) is 5.73 Å². The summed E-state index contributed by atoms with van der Waals surface area (Å²) in [6.07, 6.45) is 12.0. The summed E-state index contributed by atoms with van der Waals surface area (Å²) in [7, 11) is 0. The van der Waals surface area contributed by atoms with Gasteiger partial charge in [-0.15, -0.1) is 0 Å². The molecular weight excluding hydrogens is 170 g/mol. The third kappa shape index (κ3) is 4.45. The standard InChI is InChI=1S/C13H27N/c1-12(2)8-11-13(14)9-6-4-3-5-7-10-13/h12H,3-11,14H2,1-2H3. The van der Waals surface area contributed by atoms with E-state index in [2.05, 4.69) is 13.8 Å². The first-order valence-electron chi connectivity index (χ1n) is 6.41. The van der Waals surface area contributed by atoms with Crippen LogP contribution in [0.1, 0.15) is 71.6 Å². The molecule has 0 atom stereocenters. The minimum absolute atomic E-state index is 0.185. The molecule has 0 spiro atoms. The normalized spacial score (nSPS) is 23.1. The lowest BCUT2D eigenvalue weighted by molar-refractivity contribution is 0.279. The summed E-state index contributed by atoms with van der Waals surface area (Å²) in [5.41, 5.74) is 6.66. The van der Waals surface area contributed by atoms with Gasteiger partial charge in [0.2, 0.25) is 0 Å². The fraction of sp³-hybridized carbons (Fsp3) is 1.00. The molecule has 0 saturated heterocycles. The van der Waals surface area contributed by atoms with Gasteiger partial charge < -0.3 is 5.73 Å². The first kappa shape index (κ1) is 12.0. The van der Waals surface area contributed by atoms with Gasteiger partial charge in [-0.3, -0.25) is 0 Å². The van der Waals surface area contributed by atoms with E-state index in [1.807, 2.05) is 0 Å². The van der Waals surface area contributed by atoms with Gasteiger partial charge in [-0.1, -0.05) is 46.0 Å². The highest BCUT2D eigenvalue weighted by Gasteiger charge is 2.24. The zero-order valence-corrected chi connectivity index (χ0v) is 10.0. The van der Waals surface area contributed by atoms with Gasteiger partial charge in [0.25, 0.3) is 0 Å². The molecule has 14 heavy (non-hydrogen) atoms. The summed E-state index contributed by atoms with van der Waals surface area (Å²) < 4.78 is 0. The highest BCUT2D eigenvalue weighted by atomic mass is 14.7. The Balaban J connectivity index is 2.34. The Morgan fingerprint density at radius 2 is 1.50 bits per heavy atom. The molecule has 0 heterocycles. The molecule has 1 saturated carbocycles. The highest BCUT2D eigenvalue weighted by Crippen LogP contribution is 2.29. The third-order valence-corrected chi connectivity index (χ3v) is 3.57. The predicted octanol–water partition coefficient (Wildman–Crippen LogP) is 3.86. The second-order valence-electron chi connectivity index (χ2n) is 5.56. The minimum atomic E-state index is 0.185. The molecule has 0 aromatic heterocycles. The van der Waals surface area contributed by atoms with E-state index in [0.717, 1.165) is 5.92 Å². The van der Waals surface area contributed by atoms with E-state index in [0.29, 0.717) is 0 Å². The van der Waals surface area contributed by atoms with E-state index >= 15 is 0 Å². The van der Waals surface area contributed by atoms with Crippen LogP contribution in [-0.2, 0) is 0 Å². The van der Waals surface area contributed by atoms with Crippen molar-refractivity contribution in [1.82, 2.24) is 0 Å². The van der Waals surface area contributed by atoms with Crippen molar-refractivity contribution in [3.63, 3.8) is 0 Å². The van der Waals surface area contributed by atoms with Crippen molar-refractivity contribution in [3.05, 3.63) is 0 Å². The van der Waals surface area contributed by atoms with Crippen molar-refractivity contribution in [2.45, 2.75) is 77.2 Å². The molecule has 0 aromatic rings. The van der Waals surface area contributed by atoms with E-state index in [1.54, 1.807) is 0 Å². The maximum Gasteiger partial charge on any atom is 0.0154 e.